The van der Waals surface area contributed by atoms with Gasteiger partial charge in [-0.25, -0.2) is 4.79 Å². The van der Waals surface area contributed by atoms with Gasteiger partial charge in [0.05, 0.1) is 16.3 Å². The molecule has 1 saturated heterocycles. The zero-order valence-electron chi connectivity index (χ0n) is 9.82. The molecule has 1 aromatic carbocycles. The van der Waals surface area contributed by atoms with Gasteiger partial charge in [0.1, 0.15) is 0 Å². The van der Waals surface area contributed by atoms with E-state index in [1.807, 2.05) is 6.07 Å². The molecule has 1 heterocycles. The lowest BCUT2D eigenvalue weighted by Crippen LogP contribution is -2.32. The second-order valence-electron chi connectivity index (χ2n) is 4.64. The van der Waals surface area contributed by atoms with Crippen LogP contribution in [-0.2, 0) is 0 Å². The third kappa shape index (κ3) is 2.72. The van der Waals surface area contributed by atoms with Gasteiger partial charge < -0.3 is 10.0 Å². The highest BCUT2D eigenvalue weighted by Crippen LogP contribution is 2.30. The molecule has 1 N–H and O–H groups in total. The van der Waals surface area contributed by atoms with Crippen LogP contribution in [0.25, 0.3) is 0 Å². The van der Waals surface area contributed by atoms with Crippen LogP contribution in [0.1, 0.15) is 30.1 Å². The van der Waals surface area contributed by atoms with E-state index in [2.05, 4.69) is 11.8 Å². The van der Waals surface area contributed by atoms with Crippen molar-refractivity contribution in [3.8, 4) is 0 Å². The molecule has 0 radical (unpaired) electrons. The molecule has 1 aromatic rings. The van der Waals surface area contributed by atoms with E-state index >= 15 is 0 Å². The number of hydrogen-bond acceptors (Lipinski definition) is 2. The predicted molar refractivity (Wildman–Crippen MR) is 69.0 cm³/mol. The molecule has 17 heavy (non-hydrogen) atoms. The van der Waals surface area contributed by atoms with E-state index in [1.165, 1.54) is 6.07 Å². The summed E-state index contributed by atoms with van der Waals surface area (Å²) in [6.45, 7) is 4.24. The summed E-state index contributed by atoms with van der Waals surface area (Å²) in [5.41, 5.74) is 1.19. The minimum atomic E-state index is -0.939. The van der Waals surface area contributed by atoms with E-state index < -0.39 is 5.97 Å². The molecule has 4 heteroatoms. The van der Waals surface area contributed by atoms with Crippen molar-refractivity contribution in [3.63, 3.8) is 0 Å². The van der Waals surface area contributed by atoms with Crippen molar-refractivity contribution >= 4 is 23.3 Å². The van der Waals surface area contributed by atoms with Crippen LogP contribution in [0.15, 0.2) is 18.2 Å². The maximum atomic E-state index is 10.8. The first kappa shape index (κ1) is 12.2. The lowest BCUT2D eigenvalue weighted by Gasteiger charge is -2.32. The SMILES string of the molecule is CC1CCN(c2ccc(C(=O)O)cc2Cl)CC1. The fourth-order valence-corrected chi connectivity index (χ4v) is 2.45. The van der Waals surface area contributed by atoms with Gasteiger partial charge in [-0.1, -0.05) is 18.5 Å². The van der Waals surface area contributed by atoms with E-state index in [0.29, 0.717) is 5.02 Å². The first-order chi connectivity index (χ1) is 8.08. The highest BCUT2D eigenvalue weighted by molar-refractivity contribution is 6.33. The first-order valence-electron chi connectivity index (χ1n) is 5.85. The maximum Gasteiger partial charge on any atom is 0.335 e. The number of carbonyl (C=O) groups is 1. The summed E-state index contributed by atoms with van der Waals surface area (Å²) in [5, 5.41) is 9.40. The van der Waals surface area contributed by atoms with Crippen molar-refractivity contribution in [2.45, 2.75) is 19.8 Å². The molecule has 0 spiro atoms. The van der Waals surface area contributed by atoms with Crippen LogP contribution in [0, 0.1) is 5.92 Å². The van der Waals surface area contributed by atoms with Gasteiger partial charge >= 0.3 is 5.97 Å². The lowest BCUT2D eigenvalue weighted by molar-refractivity contribution is 0.0697. The third-order valence-electron chi connectivity index (χ3n) is 3.32. The van der Waals surface area contributed by atoms with Gasteiger partial charge in [-0.05, 0) is 37.0 Å². The zero-order valence-corrected chi connectivity index (χ0v) is 10.6. The average molecular weight is 254 g/mol. The van der Waals surface area contributed by atoms with E-state index in [0.717, 1.165) is 37.5 Å². The van der Waals surface area contributed by atoms with Gasteiger partial charge in [0, 0.05) is 13.1 Å². The Morgan fingerprint density at radius 3 is 2.59 bits per heavy atom. The summed E-state index contributed by atoms with van der Waals surface area (Å²) in [7, 11) is 0. The predicted octanol–water partition coefficient (Wildman–Crippen LogP) is 3.27. The molecule has 0 aliphatic carbocycles. The van der Waals surface area contributed by atoms with Crippen LogP contribution in [0.5, 0.6) is 0 Å². The summed E-state index contributed by atoms with van der Waals surface area (Å²) in [5.74, 6) is -0.172. The Morgan fingerprint density at radius 1 is 1.41 bits per heavy atom. The number of piperidine rings is 1. The quantitative estimate of drug-likeness (QED) is 0.879. The summed E-state index contributed by atoms with van der Waals surface area (Å²) in [4.78, 5) is 13.0. The molecule has 0 aromatic heterocycles. The number of benzene rings is 1. The molecule has 1 aliphatic heterocycles. The molecule has 2 rings (SSSR count). The normalized spacial score (nSPS) is 17.2. The van der Waals surface area contributed by atoms with Gasteiger partial charge in [-0.2, -0.15) is 0 Å². The first-order valence-corrected chi connectivity index (χ1v) is 6.23. The smallest absolute Gasteiger partial charge is 0.335 e. The molecule has 3 nitrogen and oxygen atoms in total. The van der Waals surface area contributed by atoms with Crippen LogP contribution in [0.2, 0.25) is 5.02 Å². The summed E-state index contributed by atoms with van der Waals surface area (Å²) in [6.07, 6.45) is 2.33. The standard InChI is InChI=1S/C13H16ClNO2/c1-9-4-6-15(7-5-9)12-3-2-10(13(16)17)8-11(12)14/h2-3,8-9H,4-7H2,1H3,(H,16,17). The fourth-order valence-electron chi connectivity index (χ4n) is 2.15. The number of nitrogens with zero attached hydrogens (tertiary/aromatic N) is 1. The zero-order chi connectivity index (χ0) is 12.4. The van der Waals surface area contributed by atoms with Crippen LogP contribution in [0.3, 0.4) is 0 Å². The minimum Gasteiger partial charge on any atom is -0.478 e. The van der Waals surface area contributed by atoms with E-state index in [1.54, 1.807) is 6.07 Å². The van der Waals surface area contributed by atoms with Crippen molar-refractivity contribution in [1.82, 2.24) is 0 Å². The van der Waals surface area contributed by atoms with Gasteiger partial charge in [-0.15, -0.1) is 0 Å². The van der Waals surface area contributed by atoms with Crippen molar-refractivity contribution < 1.29 is 9.90 Å². The number of anilines is 1. The Hall–Kier alpha value is -1.22. The molecule has 0 amide bonds. The van der Waals surface area contributed by atoms with Gasteiger partial charge in [0.15, 0.2) is 0 Å². The second-order valence-corrected chi connectivity index (χ2v) is 5.05. The number of carboxylic acids is 1. The Labute approximate surface area is 106 Å². The molecule has 0 bridgehead atoms. The maximum absolute atomic E-state index is 10.8. The number of aromatic carboxylic acids is 1. The van der Waals surface area contributed by atoms with Crippen LogP contribution < -0.4 is 4.90 Å². The molecule has 1 aliphatic rings. The summed E-state index contributed by atoms with van der Waals surface area (Å²) < 4.78 is 0. The van der Waals surface area contributed by atoms with E-state index in [9.17, 15) is 4.79 Å². The van der Waals surface area contributed by atoms with Crippen molar-refractivity contribution in [1.29, 1.82) is 0 Å². The van der Waals surface area contributed by atoms with Crippen LogP contribution in [0.4, 0.5) is 5.69 Å². The number of rotatable bonds is 2. The van der Waals surface area contributed by atoms with Crippen LogP contribution in [-0.4, -0.2) is 24.2 Å². The van der Waals surface area contributed by atoms with Crippen molar-refractivity contribution in [2.75, 3.05) is 18.0 Å². The number of hydrogen-bond donors (Lipinski definition) is 1. The average Bonchev–Trinajstić information content (AvgIpc) is 2.30. The molecule has 0 unspecified atom stereocenters. The van der Waals surface area contributed by atoms with Gasteiger partial charge in [0.2, 0.25) is 0 Å². The Morgan fingerprint density at radius 2 is 2.06 bits per heavy atom. The highest BCUT2D eigenvalue weighted by atomic mass is 35.5. The number of halogens is 1. The van der Waals surface area contributed by atoms with Crippen LogP contribution >= 0.6 is 11.6 Å². The molecular weight excluding hydrogens is 238 g/mol. The van der Waals surface area contributed by atoms with E-state index in [-0.39, 0.29) is 5.56 Å². The summed E-state index contributed by atoms with van der Waals surface area (Å²) >= 11 is 6.14. The molecule has 1 fully saturated rings. The minimum absolute atomic E-state index is 0.240. The Bertz CT molecular complexity index is 425. The molecule has 0 atom stereocenters. The molecular formula is C13H16ClNO2. The van der Waals surface area contributed by atoms with Crippen molar-refractivity contribution in [3.05, 3.63) is 28.8 Å². The highest BCUT2D eigenvalue weighted by Gasteiger charge is 2.18. The van der Waals surface area contributed by atoms with Crippen molar-refractivity contribution in [2.24, 2.45) is 5.92 Å². The Balaban J connectivity index is 2.19. The second kappa shape index (κ2) is 4.96. The Kier molecular flexibility index (Phi) is 3.57. The van der Waals surface area contributed by atoms with Gasteiger partial charge in [-0.3, -0.25) is 0 Å². The molecule has 92 valence electrons. The topological polar surface area (TPSA) is 40.5 Å². The monoisotopic (exact) mass is 253 g/mol. The summed E-state index contributed by atoms with van der Waals surface area (Å²) in [6, 6.07) is 4.95. The third-order valence-corrected chi connectivity index (χ3v) is 3.62. The molecule has 0 saturated carbocycles. The van der Waals surface area contributed by atoms with Gasteiger partial charge in [0.25, 0.3) is 0 Å². The van der Waals surface area contributed by atoms with E-state index in [4.69, 9.17) is 16.7 Å². The lowest BCUT2D eigenvalue weighted by atomic mass is 9.98. The largest absolute Gasteiger partial charge is 0.478 e. The number of carboxylic acid groups (broad SMARTS) is 1. The fraction of sp³-hybridized carbons (Fsp3) is 0.462.